The Hall–Kier alpha value is -3.39. The number of aromatic nitrogens is 2. The number of piperazine rings is 1. The number of carbonyl (C=O) groups excluding carboxylic acids is 1. The zero-order valence-corrected chi connectivity index (χ0v) is 18.9. The summed E-state index contributed by atoms with van der Waals surface area (Å²) in [5.74, 6) is 1.43. The van der Waals surface area contributed by atoms with E-state index in [-0.39, 0.29) is 5.91 Å². The monoisotopic (exact) mass is 434 g/mol. The third-order valence-electron chi connectivity index (χ3n) is 5.86. The van der Waals surface area contributed by atoms with Crippen molar-refractivity contribution in [2.75, 3.05) is 37.6 Å². The number of aryl methyl sites for hydroxylation is 2. The van der Waals surface area contributed by atoms with Crippen molar-refractivity contribution in [3.05, 3.63) is 65.2 Å². The number of anilines is 1. The molecule has 0 saturated carbocycles. The molecule has 2 aromatic heterocycles. The first-order valence-electron chi connectivity index (χ1n) is 11.0. The van der Waals surface area contributed by atoms with Crippen molar-refractivity contribution in [3.8, 4) is 5.82 Å². The SMILES string of the molecule is Cc1cc(-n2c(C)cc(/C=N/NC(=O)CCN3CCN(c4ccccc4)CC3)c2C)no1. The molecule has 8 nitrogen and oxygen atoms in total. The molecule has 0 spiro atoms. The Morgan fingerprint density at radius 3 is 2.56 bits per heavy atom. The van der Waals surface area contributed by atoms with Gasteiger partial charge in [-0.25, -0.2) is 5.43 Å². The van der Waals surface area contributed by atoms with Gasteiger partial charge in [0.2, 0.25) is 5.91 Å². The number of nitrogens with zero attached hydrogens (tertiary/aromatic N) is 5. The first-order valence-corrected chi connectivity index (χ1v) is 11.0. The molecular formula is C24H30N6O2. The number of hydrogen-bond donors (Lipinski definition) is 1. The minimum absolute atomic E-state index is 0.0762. The van der Waals surface area contributed by atoms with Crippen molar-refractivity contribution in [3.63, 3.8) is 0 Å². The Kier molecular flexibility index (Phi) is 6.70. The zero-order chi connectivity index (χ0) is 22.5. The molecule has 0 radical (unpaired) electrons. The molecule has 1 amide bonds. The normalized spacial score (nSPS) is 14.9. The van der Waals surface area contributed by atoms with E-state index >= 15 is 0 Å². The standard InChI is InChI=1S/C24H30N6O2/c1-18-15-21(20(3)30(18)23-16-19(2)32-27-23)17-25-26-24(31)9-10-28-11-13-29(14-12-28)22-7-5-4-6-8-22/h4-8,15-17H,9-14H2,1-3H3,(H,26,31)/b25-17+. The fraction of sp³-hybridized carbons (Fsp3) is 0.375. The van der Waals surface area contributed by atoms with Gasteiger partial charge in [-0.3, -0.25) is 14.3 Å². The number of carbonyl (C=O) groups is 1. The summed E-state index contributed by atoms with van der Waals surface area (Å²) in [6, 6.07) is 14.4. The van der Waals surface area contributed by atoms with Crippen LogP contribution in [-0.4, -0.2) is 59.5 Å². The van der Waals surface area contributed by atoms with Crippen LogP contribution in [0, 0.1) is 20.8 Å². The van der Waals surface area contributed by atoms with Crippen LogP contribution in [0.15, 0.2) is 52.1 Å². The predicted octanol–water partition coefficient (Wildman–Crippen LogP) is 3.05. The zero-order valence-electron chi connectivity index (χ0n) is 18.9. The van der Waals surface area contributed by atoms with Gasteiger partial charge in [0.05, 0.1) is 6.21 Å². The first-order chi connectivity index (χ1) is 15.5. The molecule has 0 aliphatic carbocycles. The fourth-order valence-electron chi connectivity index (χ4n) is 4.09. The molecule has 0 unspecified atom stereocenters. The van der Waals surface area contributed by atoms with E-state index in [1.807, 2.05) is 43.5 Å². The lowest BCUT2D eigenvalue weighted by Crippen LogP contribution is -2.47. The molecule has 4 rings (SSSR count). The smallest absolute Gasteiger partial charge is 0.241 e. The molecule has 1 N–H and O–H groups in total. The van der Waals surface area contributed by atoms with Gasteiger partial charge in [-0.15, -0.1) is 0 Å². The highest BCUT2D eigenvalue weighted by Crippen LogP contribution is 2.19. The summed E-state index contributed by atoms with van der Waals surface area (Å²) in [7, 11) is 0. The quantitative estimate of drug-likeness (QED) is 0.457. The Morgan fingerprint density at radius 2 is 1.88 bits per heavy atom. The maximum atomic E-state index is 12.3. The molecule has 1 aliphatic heterocycles. The van der Waals surface area contributed by atoms with Crippen molar-refractivity contribution in [1.82, 2.24) is 20.0 Å². The molecule has 1 aromatic carbocycles. The maximum Gasteiger partial charge on any atom is 0.241 e. The highest BCUT2D eigenvalue weighted by molar-refractivity contribution is 5.84. The summed E-state index contributed by atoms with van der Waals surface area (Å²) in [5.41, 5.74) is 6.86. The van der Waals surface area contributed by atoms with Crippen LogP contribution in [0.5, 0.6) is 0 Å². The molecule has 1 saturated heterocycles. The van der Waals surface area contributed by atoms with Crippen LogP contribution in [-0.2, 0) is 4.79 Å². The average molecular weight is 435 g/mol. The van der Waals surface area contributed by atoms with Gasteiger partial charge >= 0.3 is 0 Å². The summed E-state index contributed by atoms with van der Waals surface area (Å²) in [5, 5.41) is 8.25. The van der Waals surface area contributed by atoms with Crippen LogP contribution in [0.1, 0.15) is 29.1 Å². The van der Waals surface area contributed by atoms with Gasteiger partial charge in [0, 0.05) is 67.8 Å². The van der Waals surface area contributed by atoms with Crippen LogP contribution in [0.2, 0.25) is 0 Å². The van der Waals surface area contributed by atoms with Gasteiger partial charge in [0.15, 0.2) is 5.82 Å². The van der Waals surface area contributed by atoms with Crippen molar-refractivity contribution in [2.45, 2.75) is 27.2 Å². The summed E-state index contributed by atoms with van der Waals surface area (Å²) in [4.78, 5) is 17.0. The fourth-order valence-corrected chi connectivity index (χ4v) is 4.09. The second kappa shape index (κ2) is 9.82. The number of para-hydroxylation sites is 1. The highest BCUT2D eigenvalue weighted by atomic mass is 16.5. The van der Waals surface area contributed by atoms with E-state index < -0.39 is 0 Å². The van der Waals surface area contributed by atoms with Gasteiger partial charge < -0.3 is 9.42 Å². The van der Waals surface area contributed by atoms with Crippen LogP contribution in [0.4, 0.5) is 5.69 Å². The number of hydrogen-bond acceptors (Lipinski definition) is 6. The summed E-state index contributed by atoms with van der Waals surface area (Å²) in [6.07, 6.45) is 2.11. The van der Waals surface area contributed by atoms with Gasteiger partial charge in [-0.1, -0.05) is 23.4 Å². The Morgan fingerprint density at radius 1 is 1.12 bits per heavy atom. The largest absolute Gasteiger partial charge is 0.369 e. The molecule has 0 atom stereocenters. The Balaban J connectivity index is 1.24. The van der Waals surface area contributed by atoms with Crippen molar-refractivity contribution >= 4 is 17.8 Å². The van der Waals surface area contributed by atoms with Gasteiger partial charge in [0.25, 0.3) is 0 Å². The second-order valence-corrected chi connectivity index (χ2v) is 8.17. The van der Waals surface area contributed by atoms with Crippen LogP contribution >= 0.6 is 0 Å². The lowest BCUT2D eigenvalue weighted by atomic mass is 10.2. The van der Waals surface area contributed by atoms with Crippen LogP contribution in [0.25, 0.3) is 5.82 Å². The molecular weight excluding hydrogens is 404 g/mol. The Labute approximate surface area is 188 Å². The number of hydrazone groups is 1. The van der Waals surface area contributed by atoms with E-state index in [4.69, 9.17) is 4.52 Å². The molecule has 32 heavy (non-hydrogen) atoms. The number of rotatable bonds is 7. The van der Waals surface area contributed by atoms with Crippen LogP contribution in [0.3, 0.4) is 0 Å². The number of amides is 1. The van der Waals surface area contributed by atoms with Crippen molar-refractivity contribution < 1.29 is 9.32 Å². The Bertz CT molecular complexity index is 1080. The highest BCUT2D eigenvalue weighted by Gasteiger charge is 2.17. The summed E-state index contributed by atoms with van der Waals surface area (Å²) >= 11 is 0. The van der Waals surface area contributed by atoms with E-state index in [1.165, 1.54) is 5.69 Å². The van der Waals surface area contributed by atoms with E-state index in [0.29, 0.717) is 6.42 Å². The third kappa shape index (κ3) is 5.08. The van der Waals surface area contributed by atoms with Gasteiger partial charge in [0.1, 0.15) is 5.76 Å². The van der Waals surface area contributed by atoms with Gasteiger partial charge in [-0.05, 0) is 39.0 Å². The van der Waals surface area contributed by atoms with E-state index in [0.717, 1.165) is 61.3 Å². The van der Waals surface area contributed by atoms with E-state index in [1.54, 1.807) is 6.21 Å². The lowest BCUT2D eigenvalue weighted by Gasteiger charge is -2.36. The second-order valence-electron chi connectivity index (χ2n) is 8.17. The van der Waals surface area contributed by atoms with Gasteiger partial charge in [-0.2, -0.15) is 5.10 Å². The average Bonchev–Trinajstić information content (AvgIpc) is 3.35. The topological polar surface area (TPSA) is 78.9 Å². The predicted molar refractivity (Wildman–Crippen MR) is 125 cm³/mol. The molecule has 1 aliphatic rings. The lowest BCUT2D eigenvalue weighted by molar-refractivity contribution is -0.121. The number of nitrogens with one attached hydrogen (secondary N) is 1. The minimum Gasteiger partial charge on any atom is -0.369 e. The first kappa shape index (κ1) is 21.8. The summed E-state index contributed by atoms with van der Waals surface area (Å²) in [6.45, 7) is 10.5. The minimum atomic E-state index is -0.0762. The molecule has 3 aromatic rings. The van der Waals surface area contributed by atoms with E-state index in [9.17, 15) is 4.79 Å². The molecule has 0 bridgehead atoms. The van der Waals surface area contributed by atoms with Crippen molar-refractivity contribution in [2.24, 2.45) is 5.10 Å². The molecule has 8 heteroatoms. The maximum absolute atomic E-state index is 12.3. The van der Waals surface area contributed by atoms with Crippen LogP contribution < -0.4 is 10.3 Å². The third-order valence-corrected chi connectivity index (χ3v) is 5.86. The summed E-state index contributed by atoms with van der Waals surface area (Å²) < 4.78 is 7.20. The van der Waals surface area contributed by atoms with E-state index in [2.05, 4.69) is 49.7 Å². The molecule has 1 fully saturated rings. The van der Waals surface area contributed by atoms with Crippen molar-refractivity contribution in [1.29, 1.82) is 0 Å². The molecule has 3 heterocycles. The molecule has 168 valence electrons. The number of benzene rings is 1.